The largest absolute Gasteiger partial charge is 0.508 e. The molecule has 0 radical (unpaired) electrons. The first-order chi connectivity index (χ1) is 17.0. The Morgan fingerprint density at radius 1 is 0.743 bits per heavy atom. The van der Waals surface area contributed by atoms with E-state index in [2.05, 4.69) is 0 Å². The van der Waals surface area contributed by atoms with Crippen LogP contribution in [0.4, 0.5) is 0 Å². The van der Waals surface area contributed by atoms with E-state index in [1.54, 1.807) is 36.4 Å². The smallest absolute Gasteiger partial charge is 0.387 e. The van der Waals surface area contributed by atoms with E-state index in [0.717, 1.165) is 28.3 Å². The monoisotopic (exact) mass is 464 g/mol. The maximum absolute atomic E-state index is 13.1. The van der Waals surface area contributed by atoms with Gasteiger partial charge in [0.15, 0.2) is 0 Å². The third kappa shape index (κ3) is 4.63. The zero-order chi connectivity index (χ0) is 24.4. The topological polar surface area (TPSA) is 93.1 Å². The Morgan fingerprint density at radius 3 is 2.14 bits per heavy atom. The summed E-state index contributed by atoms with van der Waals surface area (Å²) in [6, 6.07) is 24.6. The van der Waals surface area contributed by atoms with Crippen molar-refractivity contribution in [1.82, 2.24) is 0 Å². The minimum Gasteiger partial charge on any atom is -0.508 e. The van der Waals surface area contributed by atoms with Crippen LogP contribution in [-0.2, 0) is 25.8 Å². The van der Waals surface area contributed by atoms with Crippen LogP contribution in [0, 0.1) is 0 Å². The van der Waals surface area contributed by atoms with Gasteiger partial charge in [0.05, 0.1) is 5.57 Å². The average molecular weight is 464 g/mol. The van der Waals surface area contributed by atoms with Crippen LogP contribution < -0.4 is 0 Å². The molecular weight excluding hydrogens is 444 g/mol. The number of benzene rings is 2. The van der Waals surface area contributed by atoms with E-state index in [1.165, 1.54) is 18.2 Å². The second-order valence-corrected chi connectivity index (χ2v) is 8.13. The van der Waals surface area contributed by atoms with E-state index < -0.39 is 11.9 Å². The fourth-order valence-corrected chi connectivity index (χ4v) is 4.15. The lowest BCUT2D eigenvalue weighted by molar-refractivity contribution is -0.249. The Bertz CT molecular complexity index is 1450. The highest BCUT2D eigenvalue weighted by atomic mass is 17.2. The average Bonchev–Trinajstić information content (AvgIpc) is 3.41. The van der Waals surface area contributed by atoms with Gasteiger partial charge in [-0.25, -0.2) is 19.4 Å². The molecule has 0 heterocycles. The minimum absolute atomic E-state index is 0.112. The van der Waals surface area contributed by atoms with Crippen LogP contribution in [0.5, 0.6) is 11.5 Å². The number of allylic oxidation sites excluding steroid dienone is 1. The van der Waals surface area contributed by atoms with Gasteiger partial charge in [0, 0.05) is 6.08 Å². The SMILES string of the molecule is O=C(/C=C/c1ccc(O)cc1)OOC(=O)C1=C(c2ccc(O)cc2)Cc2cc3cccc-3ccc21. The summed E-state index contributed by atoms with van der Waals surface area (Å²) in [6.07, 6.45) is 3.09. The van der Waals surface area contributed by atoms with Gasteiger partial charge < -0.3 is 10.2 Å². The predicted molar refractivity (Wildman–Crippen MR) is 131 cm³/mol. The lowest BCUT2D eigenvalue weighted by Gasteiger charge is -2.08. The number of phenolic OH excluding ortho intramolecular Hbond substituents is 2. The van der Waals surface area contributed by atoms with Crippen LogP contribution in [0.3, 0.4) is 0 Å². The number of carbonyl (C=O) groups excluding carboxylic acids is 2. The number of hydrogen-bond donors (Lipinski definition) is 2. The van der Waals surface area contributed by atoms with Crippen LogP contribution in [0.1, 0.15) is 22.3 Å². The molecule has 3 aliphatic rings. The van der Waals surface area contributed by atoms with Crippen molar-refractivity contribution < 1.29 is 29.6 Å². The van der Waals surface area contributed by atoms with Gasteiger partial charge in [-0.05, 0) is 75.7 Å². The molecule has 0 unspecified atom stereocenters. The van der Waals surface area contributed by atoms with Crippen molar-refractivity contribution in [3.63, 3.8) is 0 Å². The highest BCUT2D eigenvalue weighted by molar-refractivity contribution is 6.27. The Labute approximate surface area is 201 Å². The Balaban J connectivity index is 1.42. The summed E-state index contributed by atoms with van der Waals surface area (Å²) in [5.74, 6) is -1.41. The zero-order valence-electron chi connectivity index (χ0n) is 18.5. The van der Waals surface area contributed by atoms with Gasteiger partial charge in [0.2, 0.25) is 0 Å². The maximum Gasteiger partial charge on any atom is 0.387 e. The van der Waals surface area contributed by atoms with E-state index >= 15 is 0 Å². The fraction of sp³-hybridized carbons (Fsp3) is 0.0345. The van der Waals surface area contributed by atoms with E-state index in [4.69, 9.17) is 9.78 Å². The normalized spacial score (nSPS) is 12.7. The second-order valence-electron chi connectivity index (χ2n) is 8.13. The second kappa shape index (κ2) is 9.19. The molecule has 2 N–H and O–H groups in total. The molecule has 2 aromatic carbocycles. The molecule has 0 fully saturated rings. The van der Waals surface area contributed by atoms with Crippen molar-refractivity contribution in [2.45, 2.75) is 6.42 Å². The predicted octanol–water partition coefficient (Wildman–Crippen LogP) is 5.38. The molecule has 172 valence electrons. The number of hydrogen-bond acceptors (Lipinski definition) is 6. The molecule has 0 atom stereocenters. The minimum atomic E-state index is -0.853. The highest BCUT2D eigenvalue weighted by Gasteiger charge is 2.30. The van der Waals surface area contributed by atoms with Gasteiger partial charge in [0.1, 0.15) is 11.5 Å². The molecule has 35 heavy (non-hydrogen) atoms. The van der Waals surface area contributed by atoms with Crippen molar-refractivity contribution >= 4 is 29.2 Å². The number of fused-ring (bicyclic) bond motifs is 2. The van der Waals surface area contributed by atoms with E-state index in [0.29, 0.717) is 28.7 Å². The van der Waals surface area contributed by atoms with E-state index in [-0.39, 0.29) is 11.5 Å². The molecule has 6 heteroatoms. The van der Waals surface area contributed by atoms with Crippen molar-refractivity contribution in [2.24, 2.45) is 0 Å². The zero-order valence-corrected chi connectivity index (χ0v) is 18.5. The lowest BCUT2D eigenvalue weighted by Crippen LogP contribution is -2.11. The number of aromatic hydroxyl groups is 2. The lowest BCUT2D eigenvalue weighted by atomic mass is 10.00. The van der Waals surface area contributed by atoms with E-state index in [1.807, 2.05) is 36.4 Å². The Morgan fingerprint density at radius 2 is 1.40 bits per heavy atom. The summed E-state index contributed by atoms with van der Waals surface area (Å²) in [6.45, 7) is 0. The van der Waals surface area contributed by atoms with Gasteiger partial charge in [-0.1, -0.05) is 60.7 Å². The van der Waals surface area contributed by atoms with Crippen molar-refractivity contribution in [3.05, 3.63) is 113 Å². The third-order valence-corrected chi connectivity index (χ3v) is 5.85. The molecule has 0 saturated carbocycles. The van der Waals surface area contributed by atoms with Crippen molar-refractivity contribution in [1.29, 1.82) is 0 Å². The molecule has 2 aromatic rings. The van der Waals surface area contributed by atoms with Crippen molar-refractivity contribution in [2.75, 3.05) is 0 Å². The summed E-state index contributed by atoms with van der Waals surface area (Å²) < 4.78 is 0. The molecule has 0 aromatic heterocycles. The quantitative estimate of drug-likeness (QED) is 0.239. The van der Waals surface area contributed by atoms with Gasteiger partial charge in [-0.2, -0.15) is 0 Å². The molecular formula is C29H20O6. The molecule has 5 rings (SSSR count). The summed E-state index contributed by atoms with van der Waals surface area (Å²) in [5.41, 5.74) is 6.18. The van der Waals surface area contributed by atoms with Crippen molar-refractivity contribution in [3.8, 4) is 22.6 Å². The van der Waals surface area contributed by atoms with Crippen LogP contribution in [0.15, 0.2) is 91.0 Å². The van der Waals surface area contributed by atoms with Gasteiger partial charge in [0.25, 0.3) is 0 Å². The summed E-state index contributed by atoms with van der Waals surface area (Å²) in [4.78, 5) is 35.0. The van der Waals surface area contributed by atoms with E-state index in [9.17, 15) is 19.8 Å². The van der Waals surface area contributed by atoms with Gasteiger partial charge in [-0.15, -0.1) is 0 Å². The Hall–Kier alpha value is -4.84. The molecule has 0 aliphatic heterocycles. The number of rotatable bonds is 4. The molecule has 0 spiro atoms. The first kappa shape index (κ1) is 22.0. The van der Waals surface area contributed by atoms with Crippen LogP contribution in [0.2, 0.25) is 0 Å². The van der Waals surface area contributed by atoms with Gasteiger partial charge in [-0.3, -0.25) is 0 Å². The standard InChI is InChI=1S/C29H20O6/c30-23-10-4-18(5-11-23)6-15-27(32)34-35-29(33)28-25-14-9-19-2-1-3-21(19)16-22(25)17-26(28)20-7-12-24(31)13-8-20/h1-16,30-31H,17H2/b15-6+. The van der Waals surface area contributed by atoms with Crippen LogP contribution in [-0.4, -0.2) is 22.2 Å². The summed E-state index contributed by atoms with van der Waals surface area (Å²) in [7, 11) is 0. The number of carbonyl (C=O) groups is 2. The maximum atomic E-state index is 13.1. The first-order valence-electron chi connectivity index (χ1n) is 10.9. The summed E-state index contributed by atoms with van der Waals surface area (Å²) in [5, 5.41) is 19.0. The molecule has 3 aliphatic carbocycles. The Kier molecular flexibility index (Phi) is 5.77. The summed E-state index contributed by atoms with van der Waals surface area (Å²) >= 11 is 0. The molecule has 6 nitrogen and oxygen atoms in total. The molecule has 0 bridgehead atoms. The molecule has 0 saturated heterocycles. The third-order valence-electron chi connectivity index (χ3n) is 5.85. The number of phenols is 2. The first-order valence-corrected chi connectivity index (χ1v) is 10.9. The fourth-order valence-electron chi connectivity index (χ4n) is 4.15. The van der Waals surface area contributed by atoms with Crippen LogP contribution >= 0.6 is 0 Å². The van der Waals surface area contributed by atoms with Gasteiger partial charge >= 0.3 is 11.9 Å². The van der Waals surface area contributed by atoms with Crippen LogP contribution in [0.25, 0.3) is 28.3 Å². The highest BCUT2D eigenvalue weighted by Crippen LogP contribution is 2.41. The molecule has 0 amide bonds.